The van der Waals surface area contributed by atoms with Crippen molar-refractivity contribution >= 4 is 11.8 Å². The van der Waals surface area contributed by atoms with E-state index >= 15 is 0 Å². The number of anilines is 1. The summed E-state index contributed by atoms with van der Waals surface area (Å²) in [5.41, 5.74) is 16.8. The van der Waals surface area contributed by atoms with Crippen LogP contribution in [0.1, 0.15) is 22.0 Å². The molecule has 1 aromatic rings. The Morgan fingerprint density at radius 2 is 2.29 bits per heavy atom. The monoisotopic (exact) mass is 196 g/mol. The van der Waals surface area contributed by atoms with Crippen LogP contribution in [-0.4, -0.2) is 22.6 Å². The molecule has 0 bridgehead atoms. The highest BCUT2D eigenvalue weighted by atomic mass is 16.4. The first-order valence-electron chi connectivity index (χ1n) is 4.00. The maximum Gasteiger partial charge on any atom is 0.336 e. The number of rotatable bonds is 3. The van der Waals surface area contributed by atoms with E-state index in [1.54, 1.807) is 0 Å². The van der Waals surface area contributed by atoms with Crippen LogP contribution in [0.3, 0.4) is 0 Å². The Morgan fingerprint density at radius 1 is 1.64 bits per heavy atom. The summed E-state index contributed by atoms with van der Waals surface area (Å²) < 4.78 is 0. The lowest BCUT2D eigenvalue weighted by molar-refractivity contribution is 0.0695. The molecule has 0 aliphatic carbocycles. The SMILES string of the molecule is NCC(N)c1cnc(N)cc1C(=O)O. The van der Waals surface area contributed by atoms with Gasteiger partial charge in [0, 0.05) is 24.3 Å². The molecular weight excluding hydrogens is 184 g/mol. The molecule has 6 nitrogen and oxygen atoms in total. The molecule has 0 saturated heterocycles. The smallest absolute Gasteiger partial charge is 0.336 e. The van der Waals surface area contributed by atoms with Crippen LogP contribution >= 0.6 is 0 Å². The van der Waals surface area contributed by atoms with Crippen LogP contribution in [-0.2, 0) is 0 Å². The summed E-state index contributed by atoms with van der Waals surface area (Å²) in [6.07, 6.45) is 1.34. The predicted octanol–water partition coefficient (Wildman–Crippen LogP) is -0.679. The Kier molecular flexibility index (Phi) is 3.00. The van der Waals surface area contributed by atoms with E-state index in [-0.39, 0.29) is 17.9 Å². The minimum absolute atomic E-state index is 0.0513. The van der Waals surface area contributed by atoms with Crippen LogP contribution < -0.4 is 17.2 Å². The summed E-state index contributed by atoms with van der Waals surface area (Å²) in [6.45, 7) is 0.159. The van der Waals surface area contributed by atoms with Gasteiger partial charge in [-0.1, -0.05) is 0 Å². The molecule has 0 aliphatic rings. The van der Waals surface area contributed by atoms with E-state index in [2.05, 4.69) is 4.98 Å². The van der Waals surface area contributed by atoms with Crippen molar-refractivity contribution in [3.05, 3.63) is 23.4 Å². The van der Waals surface area contributed by atoms with Crippen LogP contribution in [0.15, 0.2) is 12.3 Å². The molecule has 0 radical (unpaired) electrons. The van der Waals surface area contributed by atoms with Crippen molar-refractivity contribution in [1.82, 2.24) is 4.98 Å². The molecule has 0 fully saturated rings. The average Bonchev–Trinajstić information content (AvgIpc) is 2.16. The van der Waals surface area contributed by atoms with Gasteiger partial charge in [-0.25, -0.2) is 9.78 Å². The first kappa shape index (κ1) is 10.4. The maximum atomic E-state index is 10.8. The molecule has 1 unspecified atom stereocenters. The molecule has 0 aliphatic heterocycles. The number of nitrogens with two attached hydrogens (primary N) is 3. The van der Waals surface area contributed by atoms with E-state index in [0.717, 1.165) is 0 Å². The zero-order valence-electron chi connectivity index (χ0n) is 7.47. The lowest BCUT2D eigenvalue weighted by Gasteiger charge is -2.11. The number of pyridine rings is 1. The molecule has 0 spiro atoms. The number of hydrogen-bond acceptors (Lipinski definition) is 5. The standard InChI is InChI=1S/C8H12N4O2/c9-2-6(10)5-3-12-7(11)1-4(5)8(13)14/h1,3,6H,2,9-10H2,(H2,11,12)(H,13,14). The van der Waals surface area contributed by atoms with Gasteiger partial charge >= 0.3 is 5.97 Å². The van der Waals surface area contributed by atoms with Crippen LogP contribution in [0.4, 0.5) is 5.82 Å². The van der Waals surface area contributed by atoms with Gasteiger partial charge in [0.25, 0.3) is 0 Å². The Balaban J connectivity index is 3.21. The Hall–Kier alpha value is -1.66. The van der Waals surface area contributed by atoms with Crippen molar-refractivity contribution < 1.29 is 9.90 Å². The average molecular weight is 196 g/mol. The summed E-state index contributed by atoms with van der Waals surface area (Å²) >= 11 is 0. The lowest BCUT2D eigenvalue weighted by Crippen LogP contribution is -2.23. The van der Waals surface area contributed by atoms with Gasteiger partial charge in [0.1, 0.15) is 5.82 Å². The van der Waals surface area contributed by atoms with E-state index in [1.807, 2.05) is 0 Å². The van der Waals surface area contributed by atoms with E-state index in [9.17, 15) is 4.79 Å². The maximum absolute atomic E-state index is 10.8. The summed E-state index contributed by atoms with van der Waals surface area (Å²) in [7, 11) is 0. The summed E-state index contributed by atoms with van der Waals surface area (Å²) in [6, 6.07) is 0.738. The number of carboxylic acids is 1. The molecule has 6 heteroatoms. The number of carboxylic acid groups (broad SMARTS) is 1. The Bertz CT molecular complexity index is 353. The van der Waals surface area contributed by atoms with Crippen LogP contribution in [0, 0.1) is 0 Å². The van der Waals surface area contributed by atoms with Crippen molar-refractivity contribution in [2.24, 2.45) is 11.5 Å². The van der Waals surface area contributed by atoms with Crippen LogP contribution in [0.2, 0.25) is 0 Å². The molecule has 7 N–H and O–H groups in total. The molecule has 1 rings (SSSR count). The molecule has 1 atom stereocenters. The fourth-order valence-corrected chi connectivity index (χ4v) is 1.09. The second-order valence-corrected chi connectivity index (χ2v) is 2.84. The quantitative estimate of drug-likeness (QED) is 0.507. The second kappa shape index (κ2) is 4.03. The van der Waals surface area contributed by atoms with Crippen LogP contribution in [0.5, 0.6) is 0 Å². The summed E-state index contributed by atoms with van der Waals surface area (Å²) in [5, 5.41) is 8.85. The highest BCUT2D eigenvalue weighted by Gasteiger charge is 2.15. The van der Waals surface area contributed by atoms with E-state index in [1.165, 1.54) is 12.3 Å². The molecule has 0 amide bonds. The van der Waals surface area contributed by atoms with Crippen molar-refractivity contribution in [3.63, 3.8) is 0 Å². The number of aromatic nitrogens is 1. The van der Waals surface area contributed by atoms with Crippen molar-refractivity contribution in [1.29, 1.82) is 0 Å². The van der Waals surface area contributed by atoms with Gasteiger partial charge in [0.05, 0.1) is 5.56 Å². The third kappa shape index (κ3) is 1.98. The zero-order chi connectivity index (χ0) is 10.7. The fraction of sp³-hybridized carbons (Fsp3) is 0.250. The second-order valence-electron chi connectivity index (χ2n) is 2.84. The normalized spacial score (nSPS) is 12.4. The lowest BCUT2D eigenvalue weighted by atomic mass is 10.0. The number of aromatic carboxylic acids is 1. The molecule has 0 aromatic carbocycles. The molecule has 1 aromatic heterocycles. The molecule has 1 heterocycles. The Labute approximate surface area is 80.7 Å². The fourth-order valence-electron chi connectivity index (χ4n) is 1.09. The van der Waals surface area contributed by atoms with Gasteiger partial charge < -0.3 is 22.3 Å². The number of hydrogen-bond donors (Lipinski definition) is 4. The van der Waals surface area contributed by atoms with Crippen molar-refractivity contribution in [3.8, 4) is 0 Å². The van der Waals surface area contributed by atoms with Crippen molar-refractivity contribution in [2.75, 3.05) is 12.3 Å². The number of nitrogens with zero attached hydrogens (tertiary/aromatic N) is 1. The third-order valence-electron chi connectivity index (χ3n) is 1.84. The van der Waals surface area contributed by atoms with Gasteiger partial charge in [-0.3, -0.25) is 0 Å². The molecule has 14 heavy (non-hydrogen) atoms. The zero-order valence-corrected chi connectivity index (χ0v) is 7.47. The third-order valence-corrected chi connectivity index (χ3v) is 1.84. The molecule has 0 saturated carbocycles. The minimum atomic E-state index is -1.09. The first-order valence-corrected chi connectivity index (χ1v) is 4.00. The number of carbonyl (C=O) groups is 1. The van der Waals surface area contributed by atoms with Gasteiger partial charge in [-0.15, -0.1) is 0 Å². The van der Waals surface area contributed by atoms with Crippen molar-refractivity contribution in [2.45, 2.75) is 6.04 Å². The Morgan fingerprint density at radius 3 is 2.79 bits per heavy atom. The number of nitrogen functional groups attached to an aromatic ring is 1. The van der Waals surface area contributed by atoms with Gasteiger partial charge in [-0.2, -0.15) is 0 Å². The summed E-state index contributed by atoms with van der Waals surface area (Å²) in [5.74, 6) is -0.937. The predicted molar refractivity (Wildman–Crippen MR) is 51.6 cm³/mol. The first-order chi connectivity index (χ1) is 6.56. The van der Waals surface area contributed by atoms with E-state index < -0.39 is 12.0 Å². The van der Waals surface area contributed by atoms with Gasteiger partial charge in [0.2, 0.25) is 0 Å². The van der Waals surface area contributed by atoms with Gasteiger partial charge in [0.15, 0.2) is 0 Å². The highest BCUT2D eigenvalue weighted by molar-refractivity contribution is 5.90. The topological polar surface area (TPSA) is 128 Å². The van der Waals surface area contributed by atoms with Gasteiger partial charge in [-0.05, 0) is 6.07 Å². The highest BCUT2D eigenvalue weighted by Crippen LogP contribution is 2.16. The van der Waals surface area contributed by atoms with Crippen LogP contribution in [0.25, 0.3) is 0 Å². The van der Waals surface area contributed by atoms with E-state index in [0.29, 0.717) is 5.56 Å². The summed E-state index contributed by atoms with van der Waals surface area (Å²) in [4.78, 5) is 14.6. The molecule has 76 valence electrons. The molecular formula is C8H12N4O2. The van der Waals surface area contributed by atoms with E-state index in [4.69, 9.17) is 22.3 Å². The minimum Gasteiger partial charge on any atom is -0.478 e. The largest absolute Gasteiger partial charge is 0.478 e.